The summed E-state index contributed by atoms with van der Waals surface area (Å²) < 4.78 is 46.8. The van der Waals surface area contributed by atoms with Crippen LogP contribution in [-0.4, -0.2) is 38.1 Å². The minimum atomic E-state index is -5.02. The molecule has 0 atom stereocenters. The Morgan fingerprint density at radius 3 is 1.16 bits per heavy atom. The molecule has 0 saturated carbocycles. The van der Waals surface area contributed by atoms with E-state index in [0.717, 1.165) is 44.6 Å². The van der Waals surface area contributed by atoms with Gasteiger partial charge in [0, 0.05) is 0 Å². The van der Waals surface area contributed by atoms with Crippen LogP contribution in [0.3, 0.4) is 0 Å². The largest absolute Gasteiger partial charge is 1.00 e. The molecule has 1 rings (SSSR count). The molecule has 0 spiro atoms. The maximum atomic E-state index is 13.0. The summed E-state index contributed by atoms with van der Waals surface area (Å²) in [6.45, 7) is 4.74. The number of hydrogen-bond donors (Lipinski definition) is 0. The summed E-state index contributed by atoms with van der Waals surface area (Å²) in [5.74, 6) is -1.81. The topological polar surface area (TPSA) is 110 Å². The van der Waals surface area contributed by atoms with Crippen molar-refractivity contribution in [2.24, 2.45) is 0 Å². The van der Waals surface area contributed by atoms with Crippen molar-refractivity contribution >= 4 is 22.1 Å². The predicted molar refractivity (Wildman–Crippen MR) is 232 cm³/mol. The van der Waals surface area contributed by atoms with Crippen molar-refractivity contribution in [3.8, 4) is 0 Å². The molecule has 1 aromatic rings. The molecule has 0 radical (unpaired) electrons. The van der Waals surface area contributed by atoms with Gasteiger partial charge in [-0.2, -0.15) is 0 Å². The average molecular weight is 825 g/mol. The third-order valence-electron chi connectivity index (χ3n) is 10.5. The number of ether oxygens (including phenoxy) is 2. The molecular weight excluding hydrogens is 744 g/mol. The first kappa shape index (κ1) is 55.5. The van der Waals surface area contributed by atoms with Crippen molar-refractivity contribution in [1.29, 1.82) is 0 Å². The number of hydrogen-bond acceptors (Lipinski definition) is 7. The van der Waals surface area contributed by atoms with Gasteiger partial charge in [-0.1, -0.05) is 185 Å². The van der Waals surface area contributed by atoms with Gasteiger partial charge in [-0.15, -0.1) is 0 Å². The van der Waals surface area contributed by atoms with E-state index in [2.05, 4.69) is 38.2 Å². The Bertz CT molecular complexity index is 1280. The Morgan fingerprint density at radius 2 is 0.807 bits per heavy atom. The molecule has 0 amide bonds. The van der Waals surface area contributed by atoms with Gasteiger partial charge < -0.3 is 14.0 Å². The van der Waals surface area contributed by atoms with Crippen LogP contribution < -0.4 is 29.6 Å². The number of carbonyl (C=O) groups is 2. The third kappa shape index (κ3) is 32.1. The molecule has 0 N–H and O–H groups in total. The minimum Gasteiger partial charge on any atom is -0.744 e. The van der Waals surface area contributed by atoms with E-state index in [0.29, 0.717) is 12.8 Å². The van der Waals surface area contributed by atoms with Gasteiger partial charge in [-0.3, -0.25) is 0 Å². The Labute approximate surface area is 372 Å². The van der Waals surface area contributed by atoms with E-state index >= 15 is 0 Å². The number of carbonyl (C=O) groups excluding carboxylic acids is 2. The van der Waals surface area contributed by atoms with Crippen LogP contribution in [0.1, 0.15) is 240 Å². The van der Waals surface area contributed by atoms with Crippen molar-refractivity contribution in [2.75, 3.05) is 13.2 Å². The number of rotatable bonds is 39. The summed E-state index contributed by atoms with van der Waals surface area (Å²) in [6.07, 6.45) is 47.5. The average Bonchev–Trinajstić information content (AvgIpc) is 3.18. The van der Waals surface area contributed by atoms with Crippen molar-refractivity contribution < 1.29 is 61.6 Å². The Balaban J connectivity index is 0.0000314. The summed E-state index contributed by atoms with van der Waals surface area (Å²) in [4.78, 5) is 25.2. The zero-order chi connectivity index (χ0) is 40.8. The third-order valence-corrected chi connectivity index (χ3v) is 11.4. The van der Waals surface area contributed by atoms with Crippen molar-refractivity contribution in [3.63, 3.8) is 0 Å². The first-order valence-corrected chi connectivity index (χ1v) is 24.5. The van der Waals surface area contributed by atoms with Crippen LogP contribution >= 0.6 is 0 Å². The summed E-state index contributed by atoms with van der Waals surface area (Å²) in [6, 6.07) is 3.63. The molecule has 57 heavy (non-hydrogen) atoms. The van der Waals surface area contributed by atoms with Crippen molar-refractivity contribution in [3.05, 3.63) is 53.6 Å². The van der Waals surface area contributed by atoms with E-state index in [9.17, 15) is 22.6 Å². The van der Waals surface area contributed by atoms with Crippen LogP contribution in [0, 0.1) is 0 Å². The van der Waals surface area contributed by atoms with Crippen molar-refractivity contribution in [1.82, 2.24) is 0 Å². The first-order valence-electron chi connectivity index (χ1n) is 23.1. The van der Waals surface area contributed by atoms with Crippen LogP contribution in [0.25, 0.3) is 0 Å². The van der Waals surface area contributed by atoms with Crippen LogP contribution in [0.4, 0.5) is 0 Å². The molecule has 0 aliphatic rings. The fourth-order valence-electron chi connectivity index (χ4n) is 7.01. The van der Waals surface area contributed by atoms with Gasteiger partial charge in [-0.25, -0.2) is 18.0 Å². The van der Waals surface area contributed by atoms with Gasteiger partial charge in [0.2, 0.25) is 0 Å². The van der Waals surface area contributed by atoms with E-state index in [1.165, 1.54) is 166 Å². The molecule has 0 heterocycles. The summed E-state index contributed by atoms with van der Waals surface area (Å²) >= 11 is 0. The second kappa shape index (κ2) is 40.0. The van der Waals surface area contributed by atoms with E-state index in [-0.39, 0.29) is 48.3 Å². The summed E-state index contributed by atoms with van der Waals surface area (Å²) in [5.41, 5.74) is -0.778. The molecular formula is C48H81NaO7S. The number of unbranched alkanes of at least 4 members (excludes halogenated alkanes) is 28. The van der Waals surface area contributed by atoms with Gasteiger partial charge in [0.05, 0.1) is 29.2 Å². The quantitative estimate of drug-likeness (QED) is 0.0214. The van der Waals surface area contributed by atoms with E-state index < -0.39 is 32.5 Å². The van der Waals surface area contributed by atoms with Crippen LogP contribution in [0.15, 0.2) is 47.4 Å². The van der Waals surface area contributed by atoms with Gasteiger partial charge in [0.15, 0.2) is 0 Å². The maximum absolute atomic E-state index is 13.0. The molecule has 9 heteroatoms. The van der Waals surface area contributed by atoms with Crippen LogP contribution in [0.2, 0.25) is 0 Å². The molecule has 0 saturated heterocycles. The minimum absolute atomic E-state index is 0. The summed E-state index contributed by atoms with van der Waals surface area (Å²) in [7, 11) is -5.02. The molecule has 0 fully saturated rings. The molecule has 0 aliphatic carbocycles. The van der Waals surface area contributed by atoms with Crippen molar-refractivity contribution in [2.45, 2.75) is 224 Å². The van der Waals surface area contributed by atoms with Gasteiger partial charge in [0.1, 0.15) is 10.1 Å². The fourth-order valence-corrected chi connectivity index (χ4v) is 7.69. The summed E-state index contributed by atoms with van der Waals surface area (Å²) in [5, 5.41) is 0. The van der Waals surface area contributed by atoms with E-state index in [1.807, 2.05) is 0 Å². The molecule has 1 aromatic carbocycles. The van der Waals surface area contributed by atoms with Gasteiger partial charge in [0.25, 0.3) is 0 Å². The second-order valence-electron chi connectivity index (χ2n) is 15.7. The predicted octanol–water partition coefficient (Wildman–Crippen LogP) is 11.5. The zero-order valence-electron chi connectivity index (χ0n) is 36.8. The van der Waals surface area contributed by atoms with Gasteiger partial charge in [-0.05, 0) is 76.3 Å². The molecule has 0 bridgehead atoms. The Kier molecular flexibility index (Phi) is 39.0. The second-order valence-corrected chi connectivity index (χ2v) is 17.0. The maximum Gasteiger partial charge on any atom is 1.00 e. The molecule has 322 valence electrons. The molecule has 0 aliphatic heterocycles. The monoisotopic (exact) mass is 825 g/mol. The van der Waals surface area contributed by atoms with E-state index in [1.54, 1.807) is 0 Å². The Hall–Kier alpha value is -1.45. The van der Waals surface area contributed by atoms with Crippen LogP contribution in [-0.2, 0) is 19.6 Å². The normalized spacial score (nSPS) is 11.7. The number of esters is 2. The number of allylic oxidation sites excluding steroid dienone is 4. The van der Waals surface area contributed by atoms with Crippen LogP contribution in [0.5, 0.6) is 0 Å². The van der Waals surface area contributed by atoms with E-state index in [4.69, 9.17) is 9.47 Å². The molecule has 7 nitrogen and oxygen atoms in total. The fraction of sp³-hybridized carbons (Fsp3) is 0.750. The zero-order valence-corrected chi connectivity index (χ0v) is 39.7. The SMILES string of the molecule is CCCCCC/C=C/CCCCCCCCCCCCOC(=O)c1cccc(S(=O)(=O)[O-])c1C(=O)OCCCCCCCCCCCC/C=C/CCCCCC.[Na+]. The van der Waals surface area contributed by atoms with Gasteiger partial charge >= 0.3 is 41.5 Å². The molecule has 0 unspecified atom stereocenters. The first-order chi connectivity index (χ1) is 27.3. The number of benzene rings is 1. The molecule has 0 aromatic heterocycles. The Morgan fingerprint density at radius 1 is 0.491 bits per heavy atom. The smallest absolute Gasteiger partial charge is 0.744 e. The standard InChI is InChI=1S/C48H82O7S.Na/c1-3-5-7-9-11-13-15-17-19-21-23-25-27-29-31-33-35-37-42-54-47(49)44-40-39-41-45(56(51,52)53)46(44)48(50)55-43-38-36-34-32-30-28-26-24-22-20-18-16-14-12-10-8-6-4-2;/h13-16,39-41H,3-12,17-38,42-43H2,1-2H3,(H,51,52,53);/q;+1/p-1/b15-13+,16-14+;.